The van der Waals surface area contributed by atoms with E-state index in [4.69, 9.17) is 10.00 Å². The van der Waals surface area contributed by atoms with Crippen LogP contribution in [0.4, 0.5) is 0 Å². The lowest BCUT2D eigenvalue weighted by atomic mass is 10.0. The van der Waals surface area contributed by atoms with Gasteiger partial charge >= 0.3 is 0 Å². The highest BCUT2D eigenvalue weighted by Gasteiger charge is 2.32. The van der Waals surface area contributed by atoms with Gasteiger partial charge in [-0.2, -0.15) is 5.26 Å². The van der Waals surface area contributed by atoms with Crippen LogP contribution in [0.15, 0.2) is 5.38 Å². The standard InChI is InChI=1S/C13H17N3OS/c1-9-11(8-18-13(9)4-14)12-6-16-3-2-15-5-10(16)7-17-12/h8,10,12,15H,2-3,5-7H2,1H3. The SMILES string of the molecule is Cc1c(C2CN3CCNCC3CO2)csc1C#N. The molecule has 3 heterocycles. The molecule has 0 spiro atoms. The van der Waals surface area contributed by atoms with Crippen LogP contribution in [0.25, 0.3) is 0 Å². The zero-order valence-electron chi connectivity index (χ0n) is 10.5. The molecule has 2 aliphatic rings. The molecule has 18 heavy (non-hydrogen) atoms. The molecule has 0 aliphatic carbocycles. The van der Waals surface area contributed by atoms with Gasteiger partial charge < -0.3 is 10.1 Å². The van der Waals surface area contributed by atoms with E-state index >= 15 is 0 Å². The fraction of sp³-hybridized carbons (Fsp3) is 0.615. The van der Waals surface area contributed by atoms with Crippen LogP contribution in [-0.2, 0) is 4.74 Å². The molecular weight excluding hydrogens is 246 g/mol. The first-order chi connectivity index (χ1) is 8.79. The molecule has 2 unspecified atom stereocenters. The van der Waals surface area contributed by atoms with Gasteiger partial charge in [0.05, 0.1) is 12.7 Å². The van der Waals surface area contributed by atoms with Gasteiger partial charge in [0.25, 0.3) is 0 Å². The van der Waals surface area contributed by atoms with E-state index in [0.29, 0.717) is 6.04 Å². The molecule has 3 rings (SSSR count). The molecule has 1 aromatic heterocycles. The quantitative estimate of drug-likeness (QED) is 0.829. The van der Waals surface area contributed by atoms with Gasteiger partial charge in [0.15, 0.2) is 0 Å². The van der Waals surface area contributed by atoms with Crippen LogP contribution in [-0.4, -0.2) is 43.7 Å². The molecule has 0 aromatic carbocycles. The number of nitrogens with one attached hydrogen (secondary N) is 1. The molecule has 1 N–H and O–H groups in total. The maximum absolute atomic E-state index is 9.02. The molecule has 96 valence electrons. The van der Waals surface area contributed by atoms with Gasteiger partial charge in [-0.1, -0.05) is 0 Å². The number of hydrogen-bond acceptors (Lipinski definition) is 5. The average molecular weight is 263 g/mol. The predicted octanol–water partition coefficient (Wildman–Crippen LogP) is 1.27. The number of thiophene rings is 1. The number of rotatable bonds is 1. The van der Waals surface area contributed by atoms with Gasteiger partial charge in [-0.15, -0.1) is 11.3 Å². The second-order valence-electron chi connectivity index (χ2n) is 4.93. The third kappa shape index (κ3) is 2.06. The summed E-state index contributed by atoms with van der Waals surface area (Å²) in [5, 5.41) is 14.5. The summed E-state index contributed by atoms with van der Waals surface area (Å²) in [7, 11) is 0. The van der Waals surface area contributed by atoms with Crippen molar-refractivity contribution in [2.75, 3.05) is 32.8 Å². The van der Waals surface area contributed by atoms with Crippen molar-refractivity contribution in [2.24, 2.45) is 0 Å². The average Bonchev–Trinajstić information content (AvgIpc) is 2.79. The van der Waals surface area contributed by atoms with Crippen LogP contribution < -0.4 is 5.32 Å². The van der Waals surface area contributed by atoms with E-state index in [2.05, 4.69) is 21.7 Å². The van der Waals surface area contributed by atoms with Crippen LogP contribution in [0.1, 0.15) is 22.1 Å². The van der Waals surface area contributed by atoms with Crippen molar-refractivity contribution in [3.63, 3.8) is 0 Å². The minimum absolute atomic E-state index is 0.137. The number of hydrogen-bond donors (Lipinski definition) is 1. The Morgan fingerprint density at radius 1 is 1.61 bits per heavy atom. The van der Waals surface area contributed by atoms with Gasteiger partial charge in [-0.3, -0.25) is 4.90 Å². The highest BCUT2D eigenvalue weighted by atomic mass is 32.1. The molecule has 2 atom stereocenters. The third-order valence-corrected chi connectivity index (χ3v) is 4.89. The van der Waals surface area contributed by atoms with Crippen molar-refractivity contribution >= 4 is 11.3 Å². The number of morpholine rings is 1. The number of fused-ring (bicyclic) bond motifs is 1. The molecule has 0 amide bonds. The molecule has 2 aliphatic heterocycles. The molecule has 0 bridgehead atoms. The molecule has 0 saturated carbocycles. The Bertz CT molecular complexity index is 479. The minimum atomic E-state index is 0.137. The van der Waals surface area contributed by atoms with Gasteiger partial charge in [-0.25, -0.2) is 0 Å². The van der Waals surface area contributed by atoms with E-state index < -0.39 is 0 Å². The molecular formula is C13H17N3OS. The fourth-order valence-corrected chi connectivity index (χ4v) is 3.67. The summed E-state index contributed by atoms with van der Waals surface area (Å²) in [4.78, 5) is 3.32. The number of nitriles is 1. The molecule has 2 saturated heterocycles. The van der Waals surface area contributed by atoms with Gasteiger partial charge in [0.2, 0.25) is 0 Å². The monoisotopic (exact) mass is 263 g/mol. The van der Waals surface area contributed by atoms with Gasteiger partial charge in [0.1, 0.15) is 10.9 Å². The van der Waals surface area contributed by atoms with E-state index in [0.717, 1.165) is 43.2 Å². The summed E-state index contributed by atoms with van der Waals surface area (Å²) in [6, 6.07) is 2.77. The largest absolute Gasteiger partial charge is 0.370 e. The number of piperazine rings is 1. The Kier molecular flexibility index (Phi) is 3.35. The summed E-state index contributed by atoms with van der Waals surface area (Å²) >= 11 is 1.53. The minimum Gasteiger partial charge on any atom is -0.370 e. The Labute approximate surface area is 111 Å². The van der Waals surface area contributed by atoms with E-state index in [1.54, 1.807) is 0 Å². The van der Waals surface area contributed by atoms with E-state index in [9.17, 15) is 0 Å². The van der Waals surface area contributed by atoms with E-state index in [1.807, 2.05) is 6.92 Å². The van der Waals surface area contributed by atoms with Crippen LogP contribution >= 0.6 is 11.3 Å². The Morgan fingerprint density at radius 3 is 3.28 bits per heavy atom. The summed E-state index contributed by atoms with van der Waals surface area (Å²) in [5.41, 5.74) is 2.30. The highest BCUT2D eigenvalue weighted by Crippen LogP contribution is 2.32. The van der Waals surface area contributed by atoms with Crippen LogP contribution in [0.2, 0.25) is 0 Å². The summed E-state index contributed by atoms with van der Waals surface area (Å²) in [5.74, 6) is 0. The smallest absolute Gasteiger partial charge is 0.110 e. The number of nitrogens with zero attached hydrogens (tertiary/aromatic N) is 2. The second kappa shape index (κ2) is 4.98. The first kappa shape index (κ1) is 12.1. The lowest BCUT2D eigenvalue weighted by molar-refractivity contribution is -0.0718. The summed E-state index contributed by atoms with van der Waals surface area (Å²) < 4.78 is 5.99. The topological polar surface area (TPSA) is 48.3 Å². The van der Waals surface area contributed by atoms with Crippen molar-refractivity contribution in [1.29, 1.82) is 5.26 Å². The molecule has 5 heteroatoms. The third-order valence-electron chi connectivity index (χ3n) is 3.89. The zero-order valence-corrected chi connectivity index (χ0v) is 11.3. The van der Waals surface area contributed by atoms with Crippen molar-refractivity contribution in [1.82, 2.24) is 10.2 Å². The van der Waals surface area contributed by atoms with Crippen molar-refractivity contribution in [3.05, 3.63) is 21.4 Å². The maximum Gasteiger partial charge on any atom is 0.110 e. The van der Waals surface area contributed by atoms with Crippen LogP contribution in [0.3, 0.4) is 0 Å². The van der Waals surface area contributed by atoms with Gasteiger partial charge in [0, 0.05) is 32.2 Å². The molecule has 0 radical (unpaired) electrons. The lowest BCUT2D eigenvalue weighted by Gasteiger charge is -2.42. The first-order valence-corrected chi connectivity index (χ1v) is 7.22. The molecule has 4 nitrogen and oxygen atoms in total. The second-order valence-corrected chi connectivity index (χ2v) is 5.81. The molecule has 1 aromatic rings. The predicted molar refractivity (Wildman–Crippen MR) is 70.7 cm³/mol. The van der Waals surface area contributed by atoms with E-state index in [-0.39, 0.29) is 6.10 Å². The maximum atomic E-state index is 9.02. The summed E-state index contributed by atoms with van der Waals surface area (Å²) in [6.07, 6.45) is 0.137. The first-order valence-electron chi connectivity index (χ1n) is 6.34. The summed E-state index contributed by atoms with van der Waals surface area (Å²) in [6.45, 7) is 6.95. The fourth-order valence-electron chi connectivity index (χ4n) is 2.75. The Hall–Kier alpha value is -0.930. The zero-order chi connectivity index (χ0) is 12.5. The number of ether oxygens (including phenoxy) is 1. The van der Waals surface area contributed by atoms with Crippen LogP contribution in [0, 0.1) is 18.3 Å². The van der Waals surface area contributed by atoms with Gasteiger partial charge in [-0.05, 0) is 23.4 Å². The molecule has 2 fully saturated rings. The normalized spacial score (nSPS) is 28.7. The van der Waals surface area contributed by atoms with Crippen molar-refractivity contribution in [2.45, 2.75) is 19.1 Å². The Balaban J connectivity index is 1.77. The van der Waals surface area contributed by atoms with Crippen molar-refractivity contribution in [3.8, 4) is 6.07 Å². The van der Waals surface area contributed by atoms with Crippen LogP contribution in [0.5, 0.6) is 0 Å². The van der Waals surface area contributed by atoms with E-state index in [1.165, 1.54) is 16.9 Å². The highest BCUT2D eigenvalue weighted by molar-refractivity contribution is 7.10. The lowest BCUT2D eigenvalue weighted by Crippen LogP contribution is -2.57. The van der Waals surface area contributed by atoms with Crippen molar-refractivity contribution < 1.29 is 4.74 Å². The Morgan fingerprint density at radius 2 is 2.50 bits per heavy atom.